The van der Waals surface area contributed by atoms with Crippen LogP contribution in [0.1, 0.15) is 97.4 Å². The van der Waals surface area contributed by atoms with Crippen LogP contribution in [0, 0.1) is 11.8 Å². The van der Waals surface area contributed by atoms with E-state index in [-0.39, 0.29) is 55.6 Å². The fourth-order valence-corrected chi connectivity index (χ4v) is 5.88. The molecule has 5 rings (SSSR count). The quantitative estimate of drug-likeness (QED) is 0.278. The molecule has 3 aromatic rings. The number of rotatable bonds is 11. The third-order valence-corrected chi connectivity index (χ3v) is 8.13. The molecule has 2 aliphatic rings. The lowest BCUT2D eigenvalue weighted by Crippen LogP contribution is -2.30. The van der Waals surface area contributed by atoms with Gasteiger partial charge >= 0.3 is 6.18 Å². The molecule has 2 amide bonds. The standard InChI is InChI=1S/C29H33F5N6O3/c1-2-43-27-24(19(26(35)42)8-12-36-27)23(16-5-9-28(30,31)10-6-16)20-15-40-21(38-20)13-18(14-37-40)25(17-3-4-17)39-22(41)7-11-29(32,33)34/h8,12-17,23,25H,2-7,9-11H2,1H3,(H2,35,42)(H,39,41)/t23-,25-/m1/s1. The zero-order valence-corrected chi connectivity index (χ0v) is 23.5. The molecule has 2 fully saturated rings. The van der Waals surface area contributed by atoms with Gasteiger partial charge in [0.1, 0.15) is 0 Å². The molecule has 2 aliphatic carbocycles. The number of hydrogen-bond donors (Lipinski definition) is 2. The molecule has 3 N–H and O–H groups in total. The van der Waals surface area contributed by atoms with E-state index in [1.807, 2.05) is 0 Å². The molecule has 9 nitrogen and oxygen atoms in total. The normalized spacial score (nSPS) is 18.7. The highest BCUT2D eigenvalue weighted by molar-refractivity contribution is 5.95. The summed E-state index contributed by atoms with van der Waals surface area (Å²) < 4.78 is 73.6. The number of nitrogens with zero attached hydrogens (tertiary/aromatic N) is 4. The molecule has 43 heavy (non-hydrogen) atoms. The van der Waals surface area contributed by atoms with Gasteiger partial charge < -0.3 is 15.8 Å². The zero-order chi connectivity index (χ0) is 30.9. The summed E-state index contributed by atoms with van der Waals surface area (Å²) >= 11 is 0. The number of alkyl halides is 5. The number of primary amides is 1. The zero-order valence-electron chi connectivity index (χ0n) is 23.5. The van der Waals surface area contributed by atoms with Gasteiger partial charge in [0.05, 0.1) is 37.2 Å². The largest absolute Gasteiger partial charge is 0.478 e. The lowest BCUT2D eigenvalue weighted by Gasteiger charge is -2.34. The predicted molar refractivity (Wildman–Crippen MR) is 145 cm³/mol. The van der Waals surface area contributed by atoms with Crippen LogP contribution in [0.25, 0.3) is 5.65 Å². The second-order valence-corrected chi connectivity index (χ2v) is 11.3. The Morgan fingerprint density at radius 2 is 1.91 bits per heavy atom. The van der Waals surface area contributed by atoms with Crippen LogP contribution in [0.15, 0.2) is 30.7 Å². The molecule has 232 valence electrons. The van der Waals surface area contributed by atoms with Gasteiger partial charge in [-0.15, -0.1) is 0 Å². The highest BCUT2D eigenvalue weighted by Crippen LogP contribution is 2.47. The van der Waals surface area contributed by atoms with Crippen molar-refractivity contribution in [1.29, 1.82) is 0 Å². The fraction of sp³-hybridized carbons (Fsp3) is 0.552. The number of pyridine rings is 1. The Kier molecular flexibility index (Phi) is 8.57. The minimum atomic E-state index is -4.44. The Morgan fingerprint density at radius 3 is 2.53 bits per heavy atom. The maximum Gasteiger partial charge on any atom is 0.389 e. The van der Waals surface area contributed by atoms with Crippen molar-refractivity contribution in [2.45, 2.75) is 82.3 Å². The summed E-state index contributed by atoms with van der Waals surface area (Å²) in [5, 5.41) is 7.18. The summed E-state index contributed by atoms with van der Waals surface area (Å²) in [6.07, 6.45) is -0.439. The van der Waals surface area contributed by atoms with Crippen LogP contribution >= 0.6 is 0 Å². The van der Waals surface area contributed by atoms with E-state index >= 15 is 0 Å². The van der Waals surface area contributed by atoms with E-state index in [2.05, 4.69) is 15.4 Å². The van der Waals surface area contributed by atoms with Crippen molar-refractivity contribution in [1.82, 2.24) is 24.9 Å². The van der Waals surface area contributed by atoms with Gasteiger partial charge in [-0.2, -0.15) is 18.3 Å². The lowest BCUT2D eigenvalue weighted by molar-refractivity contribution is -0.144. The topological polar surface area (TPSA) is 125 Å². The average Bonchev–Trinajstić information content (AvgIpc) is 3.70. The number of nitrogens with two attached hydrogens (primary N) is 1. The molecule has 2 saturated carbocycles. The van der Waals surface area contributed by atoms with Crippen molar-refractivity contribution in [3.05, 3.63) is 53.1 Å². The Bertz CT molecular complexity index is 1480. The summed E-state index contributed by atoms with van der Waals surface area (Å²) in [7, 11) is 0. The monoisotopic (exact) mass is 608 g/mol. The van der Waals surface area contributed by atoms with Gasteiger partial charge in [0.2, 0.25) is 23.6 Å². The van der Waals surface area contributed by atoms with Gasteiger partial charge in [-0.1, -0.05) is 0 Å². The van der Waals surface area contributed by atoms with E-state index in [4.69, 9.17) is 15.5 Å². The molecular weight excluding hydrogens is 575 g/mol. The van der Waals surface area contributed by atoms with Crippen molar-refractivity contribution in [3.8, 4) is 5.88 Å². The van der Waals surface area contributed by atoms with Crippen LogP contribution in [-0.2, 0) is 4.79 Å². The van der Waals surface area contributed by atoms with E-state index in [1.54, 1.807) is 19.2 Å². The number of hydrogen-bond acceptors (Lipinski definition) is 6. The van der Waals surface area contributed by atoms with Crippen molar-refractivity contribution in [3.63, 3.8) is 0 Å². The molecule has 0 aliphatic heterocycles. The summed E-state index contributed by atoms with van der Waals surface area (Å²) in [6, 6.07) is 2.65. The van der Waals surface area contributed by atoms with Crippen molar-refractivity contribution in [2.24, 2.45) is 17.6 Å². The molecule has 0 radical (unpaired) electrons. The van der Waals surface area contributed by atoms with E-state index in [0.29, 0.717) is 22.5 Å². The van der Waals surface area contributed by atoms with Gasteiger partial charge in [-0.05, 0) is 62.1 Å². The number of nitrogens with one attached hydrogen (secondary N) is 1. The SMILES string of the molecule is CCOc1nccc(C(N)=O)c1[C@@H](c1cn2ncc([C@H](NC(=O)CCC(F)(F)F)C3CC3)cc2n1)C1CCC(F)(F)CC1. The number of amides is 2. The van der Waals surface area contributed by atoms with Gasteiger partial charge in [0, 0.05) is 42.5 Å². The molecule has 14 heteroatoms. The number of halogens is 5. The van der Waals surface area contributed by atoms with E-state index in [1.165, 1.54) is 23.0 Å². The molecule has 0 saturated heterocycles. The Hall–Kier alpha value is -3.84. The Labute approximate surface area is 244 Å². The smallest absolute Gasteiger partial charge is 0.389 e. The summed E-state index contributed by atoms with van der Waals surface area (Å²) in [5.41, 5.74) is 7.70. The van der Waals surface area contributed by atoms with Crippen LogP contribution in [-0.4, -0.2) is 50.1 Å². The summed E-state index contributed by atoms with van der Waals surface area (Å²) in [4.78, 5) is 34.0. The number of fused-ring (bicyclic) bond motifs is 1. The second kappa shape index (κ2) is 12.0. The van der Waals surface area contributed by atoms with Crippen LogP contribution in [0.3, 0.4) is 0 Å². The van der Waals surface area contributed by atoms with Crippen LogP contribution < -0.4 is 15.8 Å². The van der Waals surface area contributed by atoms with Gasteiger partial charge in [0.15, 0.2) is 5.65 Å². The van der Waals surface area contributed by atoms with Gasteiger partial charge in [0.25, 0.3) is 0 Å². The average molecular weight is 609 g/mol. The van der Waals surface area contributed by atoms with Crippen LogP contribution in [0.5, 0.6) is 5.88 Å². The molecule has 3 heterocycles. The van der Waals surface area contributed by atoms with Crippen LogP contribution in [0.4, 0.5) is 22.0 Å². The van der Waals surface area contributed by atoms with E-state index < -0.39 is 48.7 Å². The van der Waals surface area contributed by atoms with E-state index in [9.17, 15) is 31.5 Å². The first-order valence-electron chi connectivity index (χ1n) is 14.4. The summed E-state index contributed by atoms with van der Waals surface area (Å²) in [6.45, 7) is 2.00. The van der Waals surface area contributed by atoms with Crippen molar-refractivity contribution >= 4 is 17.5 Å². The Balaban J connectivity index is 1.52. The number of carbonyl (C=O) groups excluding carboxylic acids is 2. The fourth-order valence-electron chi connectivity index (χ4n) is 5.88. The highest BCUT2D eigenvalue weighted by atomic mass is 19.4. The maximum absolute atomic E-state index is 14.2. The predicted octanol–water partition coefficient (Wildman–Crippen LogP) is 5.49. The third kappa shape index (κ3) is 7.21. The molecule has 2 atom stereocenters. The Morgan fingerprint density at radius 1 is 1.19 bits per heavy atom. The molecule has 0 bridgehead atoms. The number of ether oxygens (including phenoxy) is 1. The van der Waals surface area contributed by atoms with Crippen LogP contribution in [0.2, 0.25) is 0 Å². The number of aromatic nitrogens is 4. The first-order chi connectivity index (χ1) is 20.3. The first kappa shape index (κ1) is 30.6. The minimum Gasteiger partial charge on any atom is -0.478 e. The lowest BCUT2D eigenvalue weighted by atomic mass is 9.73. The second-order valence-electron chi connectivity index (χ2n) is 11.3. The molecular formula is C29H33F5N6O3. The number of carbonyl (C=O) groups is 2. The van der Waals surface area contributed by atoms with Crippen molar-refractivity contribution in [2.75, 3.05) is 6.61 Å². The maximum atomic E-state index is 14.2. The molecule has 0 spiro atoms. The van der Waals surface area contributed by atoms with Crippen molar-refractivity contribution < 1.29 is 36.3 Å². The third-order valence-electron chi connectivity index (χ3n) is 8.13. The van der Waals surface area contributed by atoms with E-state index in [0.717, 1.165) is 12.8 Å². The molecule has 0 unspecified atom stereocenters. The first-order valence-corrected chi connectivity index (χ1v) is 14.4. The molecule has 3 aromatic heterocycles. The van der Waals surface area contributed by atoms with Gasteiger partial charge in [-0.25, -0.2) is 23.3 Å². The molecule has 0 aromatic carbocycles. The number of imidazole rings is 1. The van der Waals surface area contributed by atoms with Gasteiger partial charge in [-0.3, -0.25) is 9.59 Å². The summed E-state index contributed by atoms with van der Waals surface area (Å²) in [5.74, 6) is -4.98. The highest BCUT2D eigenvalue weighted by Gasteiger charge is 2.42. The minimum absolute atomic E-state index is 0.0624.